The van der Waals surface area contributed by atoms with Crippen LogP contribution in [-0.4, -0.2) is 23.5 Å². The molecule has 2 rings (SSSR count). The summed E-state index contributed by atoms with van der Waals surface area (Å²) in [5, 5.41) is 9.74. The van der Waals surface area contributed by atoms with Crippen LogP contribution in [0.15, 0.2) is 35.9 Å². The summed E-state index contributed by atoms with van der Waals surface area (Å²) in [7, 11) is 0. The first-order valence-electron chi connectivity index (χ1n) is 8.22. The van der Waals surface area contributed by atoms with Crippen LogP contribution >= 0.6 is 0 Å². The molecule has 0 unspecified atom stereocenters. The fraction of sp³-hybridized carbons (Fsp3) is 0.474. The zero-order valence-electron chi connectivity index (χ0n) is 13.8. The lowest BCUT2D eigenvalue weighted by molar-refractivity contribution is -0.134. The highest BCUT2D eigenvalue weighted by Crippen LogP contribution is 2.45. The van der Waals surface area contributed by atoms with Crippen LogP contribution in [0.3, 0.4) is 0 Å². The summed E-state index contributed by atoms with van der Waals surface area (Å²) in [4.78, 5) is 23.6. The van der Waals surface area contributed by atoms with E-state index in [4.69, 9.17) is 4.74 Å². The number of ether oxygens (including phenoxy) is 1. The molecule has 4 nitrogen and oxygen atoms in total. The van der Waals surface area contributed by atoms with Gasteiger partial charge in [0.15, 0.2) is 0 Å². The smallest absolute Gasteiger partial charge is 0.332 e. The predicted molar refractivity (Wildman–Crippen MR) is 88.8 cm³/mol. The standard InChI is InChI=1S/C19H24O4/c1-3-6-17(18(21)22)19(11-9-15(20)10-12-19)14-7-5-8-16(13-14)23-4-2/h5-8,13H,3-4,9-12H2,1-2H3,(H,21,22). The lowest BCUT2D eigenvalue weighted by Gasteiger charge is -2.38. The molecule has 0 aliphatic heterocycles. The molecule has 23 heavy (non-hydrogen) atoms. The Balaban J connectivity index is 2.53. The number of rotatable bonds is 6. The highest BCUT2D eigenvalue weighted by Gasteiger charge is 2.42. The number of carbonyl (C=O) groups excluding carboxylic acids is 1. The van der Waals surface area contributed by atoms with Crippen molar-refractivity contribution in [1.29, 1.82) is 0 Å². The van der Waals surface area contributed by atoms with E-state index in [1.165, 1.54) is 0 Å². The Kier molecular flexibility index (Phi) is 5.59. The van der Waals surface area contributed by atoms with Gasteiger partial charge < -0.3 is 9.84 Å². The van der Waals surface area contributed by atoms with Gasteiger partial charge >= 0.3 is 5.97 Å². The normalized spacial score (nSPS) is 17.8. The Morgan fingerprint density at radius 3 is 2.57 bits per heavy atom. The minimum atomic E-state index is -0.900. The maximum Gasteiger partial charge on any atom is 0.332 e. The third-order valence-corrected chi connectivity index (χ3v) is 4.51. The van der Waals surface area contributed by atoms with Crippen LogP contribution in [0, 0.1) is 0 Å². The van der Waals surface area contributed by atoms with Crippen molar-refractivity contribution >= 4 is 11.8 Å². The molecule has 0 atom stereocenters. The summed E-state index contributed by atoms with van der Waals surface area (Å²) < 4.78 is 5.57. The molecular formula is C19H24O4. The molecule has 1 aliphatic rings. The van der Waals surface area contributed by atoms with Crippen LogP contribution in [0.5, 0.6) is 5.75 Å². The van der Waals surface area contributed by atoms with Crippen LogP contribution < -0.4 is 4.74 Å². The van der Waals surface area contributed by atoms with Gasteiger partial charge in [0.25, 0.3) is 0 Å². The van der Waals surface area contributed by atoms with E-state index in [2.05, 4.69) is 0 Å². The molecule has 4 heteroatoms. The summed E-state index contributed by atoms with van der Waals surface area (Å²) >= 11 is 0. The van der Waals surface area contributed by atoms with Gasteiger partial charge in [-0.1, -0.05) is 25.1 Å². The van der Waals surface area contributed by atoms with Gasteiger partial charge in [0.2, 0.25) is 0 Å². The topological polar surface area (TPSA) is 63.6 Å². The lowest BCUT2D eigenvalue weighted by Crippen LogP contribution is -2.37. The molecule has 0 heterocycles. The zero-order chi connectivity index (χ0) is 16.9. The molecular weight excluding hydrogens is 292 g/mol. The number of benzene rings is 1. The molecule has 1 aromatic carbocycles. The predicted octanol–water partition coefficient (Wildman–Crippen LogP) is 3.89. The average molecular weight is 316 g/mol. The van der Waals surface area contributed by atoms with Gasteiger partial charge in [0.05, 0.1) is 6.61 Å². The molecule has 1 aliphatic carbocycles. The van der Waals surface area contributed by atoms with Crippen molar-refractivity contribution in [2.75, 3.05) is 6.61 Å². The first kappa shape index (κ1) is 17.3. The molecule has 0 aromatic heterocycles. The van der Waals surface area contributed by atoms with Crippen LogP contribution in [0.25, 0.3) is 0 Å². The number of Topliss-reactive ketones (excluding diaryl/α,β-unsaturated/α-hetero) is 1. The fourth-order valence-corrected chi connectivity index (χ4v) is 3.41. The van der Waals surface area contributed by atoms with Gasteiger partial charge in [-0.25, -0.2) is 4.79 Å². The van der Waals surface area contributed by atoms with Crippen LogP contribution in [0.2, 0.25) is 0 Å². The number of aliphatic carboxylic acids is 1. The Morgan fingerprint density at radius 2 is 2.00 bits per heavy atom. The second-order valence-electron chi connectivity index (χ2n) is 5.91. The molecule has 1 N–H and O–H groups in total. The summed E-state index contributed by atoms with van der Waals surface area (Å²) in [5.74, 6) is 0.0494. The second-order valence-corrected chi connectivity index (χ2v) is 5.91. The largest absolute Gasteiger partial charge is 0.494 e. The highest BCUT2D eigenvalue weighted by atomic mass is 16.5. The second kappa shape index (κ2) is 7.44. The van der Waals surface area contributed by atoms with Gasteiger partial charge in [-0.15, -0.1) is 0 Å². The van der Waals surface area contributed by atoms with E-state index in [-0.39, 0.29) is 5.78 Å². The quantitative estimate of drug-likeness (QED) is 0.809. The number of carboxylic acids is 1. The van der Waals surface area contributed by atoms with E-state index in [1.54, 1.807) is 6.08 Å². The number of carboxylic acid groups (broad SMARTS) is 1. The van der Waals surface area contributed by atoms with E-state index >= 15 is 0 Å². The van der Waals surface area contributed by atoms with E-state index < -0.39 is 11.4 Å². The molecule has 124 valence electrons. The van der Waals surface area contributed by atoms with Crippen molar-refractivity contribution in [1.82, 2.24) is 0 Å². The van der Waals surface area contributed by atoms with Gasteiger partial charge in [-0.05, 0) is 43.9 Å². The molecule has 0 bridgehead atoms. The maximum atomic E-state index is 11.9. The molecule has 0 amide bonds. The average Bonchev–Trinajstić information content (AvgIpc) is 2.54. The van der Waals surface area contributed by atoms with E-state index in [0.29, 0.717) is 44.3 Å². The van der Waals surface area contributed by atoms with Crippen LogP contribution in [0.4, 0.5) is 0 Å². The van der Waals surface area contributed by atoms with E-state index in [1.807, 2.05) is 38.1 Å². The third-order valence-electron chi connectivity index (χ3n) is 4.51. The monoisotopic (exact) mass is 316 g/mol. The van der Waals surface area contributed by atoms with Gasteiger partial charge in [-0.3, -0.25) is 4.79 Å². The van der Waals surface area contributed by atoms with Crippen molar-refractivity contribution in [2.45, 2.75) is 51.4 Å². The Morgan fingerprint density at radius 1 is 1.30 bits per heavy atom. The molecule has 0 spiro atoms. The summed E-state index contributed by atoms with van der Waals surface area (Å²) in [5.41, 5.74) is 0.724. The van der Waals surface area contributed by atoms with Crippen LogP contribution in [-0.2, 0) is 15.0 Å². The summed E-state index contributed by atoms with van der Waals surface area (Å²) in [6.45, 7) is 4.41. The highest BCUT2D eigenvalue weighted by molar-refractivity contribution is 5.91. The summed E-state index contributed by atoms with van der Waals surface area (Å²) in [6, 6.07) is 7.64. The van der Waals surface area contributed by atoms with E-state index in [0.717, 1.165) is 11.3 Å². The van der Waals surface area contributed by atoms with E-state index in [9.17, 15) is 14.7 Å². The molecule has 0 radical (unpaired) electrons. The molecule has 0 saturated heterocycles. The SMILES string of the molecule is CCC=C(C(=O)O)C1(c2cccc(OCC)c2)CCC(=O)CC1. The zero-order valence-corrected chi connectivity index (χ0v) is 13.8. The molecule has 1 fully saturated rings. The maximum absolute atomic E-state index is 11.9. The number of hydrogen-bond acceptors (Lipinski definition) is 3. The van der Waals surface area contributed by atoms with Gasteiger partial charge in [0.1, 0.15) is 11.5 Å². The number of ketones is 1. The number of allylic oxidation sites excluding steroid dienone is 1. The van der Waals surface area contributed by atoms with Gasteiger partial charge in [0, 0.05) is 23.8 Å². The first-order valence-corrected chi connectivity index (χ1v) is 8.22. The Hall–Kier alpha value is -2.10. The minimum absolute atomic E-state index is 0.211. The fourth-order valence-electron chi connectivity index (χ4n) is 3.41. The Bertz CT molecular complexity index is 606. The third kappa shape index (κ3) is 3.63. The number of hydrogen-bond donors (Lipinski definition) is 1. The van der Waals surface area contributed by atoms with Crippen molar-refractivity contribution in [3.05, 3.63) is 41.5 Å². The van der Waals surface area contributed by atoms with Crippen molar-refractivity contribution < 1.29 is 19.4 Å². The summed E-state index contributed by atoms with van der Waals surface area (Å²) in [6.07, 6.45) is 4.37. The van der Waals surface area contributed by atoms with Crippen molar-refractivity contribution in [2.24, 2.45) is 0 Å². The lowest BCUT2D eigenvalue weighted by atomic mass is 9.64. The minimum Gasteiger partial charge on any atom is -0.494 e. The molecule has 1 aromatic rings. The van der Waals surface area contributed by atoms with Crippen molar-refractivity contribution in [3.8, 4) is 5.75 Å². The number of carbonyl (C=O) groups is 2. The van der Waals surface area contributed by atoms with Gasteiger partial charge in [-0.2, -0.15) is 0 Å². The first-order chi connectivity index (χ1) is 11.0. The van der Waals surface area contributed by atoms with Crippen LogP contribution in [0.1, 0.15) is 51.5 Å². The Labute approximate surface area is 137 Å². The van der Waals surface area contributed by atoms with Crippen molar-refractivity contribution in [3.63, 3.8) is 0 Å². The molecule has 1 saturated carbocycles.